The first-order valence-electron chi connectivity index (χ1n) is 4.41. The molecule has 0 aliphatic rings. The molecule has 0 bridgehead atoms. The minimum atomic E-state index is -0.851. The summed E-state index contributed by atoms with van der Waals surface area (Å²) in [5.74, 6) is -0.0865. The van der Waals surface area contributed by atoms with E-state index in [1.54, 1.807) is 0 Å². The largest absolute Gasteiger partial charge is 0.356 e. The number of nitrogens with two attached hydrogens (primary N) is 1. The number of hydrogen-bond donors (Lipinski definition) is 2. The minimum Gasteiger partial charge on any atom is -0.356 e. The normalized spacial score (nSPS) is 9.50. The SMILES string of the molecule is NCCCC(=O)NCCCO[N+](=O)[O-]. The Morgan fingerprint density at radius 1 is 1.50 bits per heavy atom. The standard InChI is InChI=1S/C7H15N3O4/c8-4-1-3-7(11)9-5-2-6-14-10(12)13/h1-6,8H2,(H,9,11). The average Bonchev–Trinajstić information content (AvgIpc) is 2.13. The van der Waals surface area contributed by atoms with Gasteiger partial charge in [-0.15, -0.1) is 10.1 Å². The molecule has 0 aromatic rings. The lowest BCUT2D eigenvalue weighted by Gasteiger charge is -2.03. The Bertz CT molecular complexity index is 186. The summed E-state index contributed by atoms with van der Waals surface area (Å²) in [5.41, 5.74) is 5.21. The maximum Gasteiger partial charge on any atom is 0.294 e. The van der Waals surface area contributed by atoms with Crippen LogP contribution < -0.4 is 11.1 Å². The van der Waals surface area contributed by atoms with Gasteiger partial charge in [-0.3, -0.25) is 4.79 Å². The second-order valence-corrected chi connectivity index (χ2v) is 2.65. The van der Waals surface area contributed by atoms with Gasteiger partial charge in [0.25, 0.3) is 5.09 Å². The minimum absolute atomic E-state index is 0.00414. The van der Waals surface area contributed by atoms with Crippen LogP contribution in [-0.4, -0.2) is 30.7 Å². The van der Waals surface area contributed by atoms with Crippen LogP contribution in [-0.2, 0) is 9.63 Å². The molecule has 7 heteroatoms. The molecule has 0 saturated heterocycles. The quantitative estimate of drug-likeness (QED) is 0.314. The number of rotatable bonds is 8. The van der Waals surface area contributed by atoms with E-state index in [0.29, 0.717) is 32.4 Å². The van der Waals surface area contributed by atoms with Gasteiger partial charge in [0, 0.05) is 13.0 Å². The molecule has 0 aromatic carbocycles. The van der Waals surface area contributed by atoms with Crippen LogP contribution in [0.25, 0.3) is 0 Å². The molecule has 0 saturated carbocycles. The van der Waals surface area contributed by atoms with Crippen molar-refractivity contribution < 1.29 is 14.7 Å². The number of nitrogens with one attached hydrogen (secondary N) is 1. The highest BCUT2D eigenvalue weighted by molar-refractivity contribution is 5.75. The van der Waals surface area contributed by atoms with Crippen LogP contribution in [0.5, 0.6) is 0 Å². The Morgan fingerprint density at radius 2 is 2.21 bits per heavy atom. The highest BCUT2D eigenvalue weighted by Crippen LogP contribution is 1.86. The van der Waals surface area contributed by atoms with Crippen LogP contribution in [0.3, 0.4) is 0 Å². The monoisotopic (exact) mass is 205 g/mol. The lowest BCUT2D eigenvalue weighted by molar-refractivity contribution is -0.757. The fourth-order valence-electron chi connectivity index (χ4n) is 0.790. The van der Waals surface area contributed by atoms with Crippen LogP contribution in [0.15, 0.2) is 0 Å². The van der Waals surface area contributed by atoms with Gasteiger partial charge >= 0.3 is 0 Å². The van der Waals surface area contributed by atoms with E-state index >= 15 is 0 Å². The van der Waals surface area contributed by atoms with Crippen molar-refractivity contribution in [2.24, 2.45) is 5.73 Å². The molecular formula is C7H15N3O4. The number of carbonyl (C=O) groups excluding carboxylic acids is 1. The Morgan fingerprint density at radius 3 is 2.79 bits per heavy atom. The molecule has 1 amide bonds. The summed E-state index contributed by atoms with van der Waals surface area (Å²) >= 11 is 0. The molecule has 0 fully saturated rings. The third-order valence-corrected chi connectivity index (χ3v) is 1.45. The van der Waals surface area contributed by atoms with Crippen LogP contribution in [0.2, 0.25) is 0 Å². The second-order valence-electron chi connectivity index (χ2n) is 2.65. The summed E-state index contributed by atoms with van der Waals surface area (Å²) in [6.45, 7) is 0.874. The molecule has 0 rings (SSSR count). The number of carbonyl (C=O) groups is 1. The molecule has 0 spiro atoms. The Balaban J connectivity index is 3.19. The smallest absolute Gasteiger partial charge is 0.294 e. The van der Waals surface area contributed by atoms with E-state index in [0.717, 1.165) is 0 Å². The zero-order valence-electron chi connectivity index (χ0n) is 7.90. The van der Waals surface area contributed by atoms with Crippen LogP contribution in [0.4, 0.5) is 0 Å². The fraction of sp³-hybridized carbons (Fsp3) is 0.857. The first-order valence-corrected chi connectivity index (χ1v) is 4.41. The van der Waals surface area contributed by atoms with Crippen molar-refractivity contribution in [3.05, 3.63) is 10.1 Å². The highest BCUT2D eigenvalue weighted by atomic mass is 16.9. The van der Waals surface area contributed by atoms with Crippen molar-refractivity contribution in [1.29, 1.82) is 0 Å². The van der Waals surface area contributed by atoms with Gasteiger partial charge in [0.15, 0.2) is 0 Å². The van der Waals surface area contributed by atoms with Crippen molar-refractivity contribution in [2.45, 2.75) is 19.3 Å². The molecule has 14 heavy (non-hydrogen) atoms. The number of hydrogen-bond acceptors (Lipinski definition) is 5. The van der Waals surface area contributed by atoms with Gasteiger partial charge in [-0.25, -0.2) is 0 Å². The molecule has 0 aliphatic heterocycles. The predicted octanol–water partition coefficient (Wildman–Crippen LogP) is -0.560. The summed E-state index contributed by atoms with van der Waals surface area (Å²) in [6, 6.07) is 0. The molecule has 0 aliphatic carbocycles. The lowest BCUT2D eigenvalue weighted by Crippen LogP contribution is -2.25. The molecule has 0 heterocycles. The Hall–Kier alpha value is -1.37. The Kier molecular flexibility index (Phi) is 7.43. The van der Waals surface area contributed by atoms with Gasteiger partial charge in [0.1, 0.15) is 0 Å². The van der Waals surface area contributed by atoms with Gasteiger partial charge in [-0.1, -0.05) is 0 Å². The van der Waals surface area contributed by atoms with E-state index in [2.05, 4.69) is 10.2 Å². The fourth-order valence-corrected chi connectivity index (χ4v) is 0.790. The number of amides is 1. The van der Waals surface area contributed by atoms with E-state index in [4.69, 9.17) is 5.73 Å². The maximum absolute atomic E-state index is 11.0. The predicted molar refractivity (Wildman–Crippen MR) is 48.9 cm³/mol. The first-order chi connectivity index (χ1) is 6.66. The average molecular weight is 205 g/mol. The zero-order chi connectivity index (χ0) is 10.8. The topological polar surface area (TPSA) is 107 Å². The molecule has 0 atom stereocenters. The molecule has 82 valence electrons. The van der Waals surface area contributed by atoms with Gasteiger partial charge in [0.05, 0.1) is 6.61 Å². The third-order valence-electron chi connectivity index (χ3n) is 1.45. The lowest BCUT2D eigenvalue weighted by atomic mass is 10.3. The van der Waals surface area contributed by atoms with Gasteiger partial charge in [-0.2, -0.15) is 0 Å². The molecule has 0 radical (unpaired) electrons. The summed E-state index contributed by atoms with van der Waals surface area (Å²) in [6.07, 6.45) is 1.47. The van der Waals surface area contributed by atoms with E-state index in [-0.39, 0.29) is 12.5 Å². The molecule has 0 aromatic heterocycles. The second kappa shape index (κ2) is 8.24. The van der Waals surface area contributed by atoms with Crippen molar-refractivity contribution in [2.75, 3.05) is 19.7 Å². The van der Waals surface area contributed by atoms with Gasteiger partial charge in [-0.05, 0) is 19.4 Å². The molecule has 3 N–H and O–H groups in total. The van der Waals surface area contributed by atoms with Crippen molar-refractivity contribution in [3.8, 4) is 0 Å². The summed E-state index contributed by atoms with van der Waals surface area (Å²) < 4.78 is 0. The van der Waals surface area contributed by atoms with Crippen LogP contribution in [0, 0.1) is 10.1 Å². The summed E-state index contributed by atoms with van der Waals surface area (Å²) in [4.78, 5) is 24.7. The van der Waals surface area contributed by atoms with Crippen molar-refractivity contribution >= 4 is 5.91 Å². The van der Waals surface area contributed by atoms with E-state index in [9.17, 15) is 14.9 Å². The van der Waals surface area contributed by atoms with Crippen molar-refractivity contribution in [3.63, 3.8) is 0 Å². The van der Waals surface area contributed by atoms with Crippen molar-refractivity contribution in [1.82, 2.24) is 5.32 Å². The van der Waals surface area contributed by atoms with Gasteiger partial charge < -0.3 is 15.9 Å². The maximum atomic E-state index is 11.0. The first kappa shape index (κ1) is 12.6. The summed E-state index contributed by atoms with van der Waals surface area (Å²) in [5, 5.41) is 11.5. The van der Waals surface area contributed by atoms with E-state index in [1.165, 1.54) is 0 Å². The van der Waals surface area contributed by atoms with E-state index < -0.39 is 5.09 Å². The molecular weight excluding hydrogens is 190 g/mol. The Labute approximate surface area is 81.7 Å². The van der Waals surface area contributed by atoms with Crippen LogP contribution >= 0.6 is 0 Å². The van der Waals surface area contributed by atoms with Crippen LogP contribution in [0.1, 0.15) is 19.3 Å². The highest BCUT2D eigenvalue weighted by Gasteiger charge is 1.99. The zero-order valence-corrected chi connectivity index (χ0v) is 7.90. The van der Waals surface area contributed by atoms with Gasteiger partial charge in [0.2, 0.25) is 5.91 Å². The third kappa shape index (κ3) is 8.72. The molecule has 0 unspecified atom stereocenters. The number of nitrogens with zero attached hydrogens (tertiary/aromatic N) is 1. The summed E-state index contributed by atoms with van der Waals surface area (Å²) in [7, 11) is 0. The molecule has 7 nitrogen and oxygen atoms in total. The van der Waals surface area contributed by atoms with E-state index in [1.807, 2.05) is 0 Å².